The zero-order valence-corrected chi connectivity index (χ0v) is 13.9. The van der Waals surface area contributed by atoms with E-state index in [1.165, 1.54) is 0 Å². The lowest BCUT2D eigenvalue weighted by atomic mass is 9.88. The van der Waals surface area contributed by atoms with Crippen LogP contribution in [-0.2, 0) is 4.79 Å². The van der Waals surface area contributed by atoms with E-state index in [1.807, 2.05) is 45.0 Å². The second-order valence-corrected chi connectivity index (χ2v) is 6.30. The van der Waals surface area contributed by atoms with Gasteiger partial charge in [-0.25, -0.2) is 0 Å². The molecule has 4 nitrogen and oxygen atoms in total. The van der Waals surface area contributed by atoms with E-state index in [1.54, 1.807) is 0 Å². The van der Waals surface area contributed by atoms with Crippen molar-refractivity contribution in [2.75, 3.05) is 13.2 Å². The highest BCUT2D eigenvalue weighted by molar-refractivity contribution is 9.10. The van der Waals surface area contributed by atoms with Gasteiger partial charge in [0.15, 0.2) is 0 Å². The van der Waals surface area contributed by atoms with E-state index >= 15 is 0 Å². The molecule has 1 aromatic carbocycles. The Bertz CT molecular complexity index is 451. The van der Waals surface area contributed by atoms with Crippen molar-refractivity contribution in [2.45, 2.75) is 32.7 Å². The number of ether oxygens (including phenoxy) is 1. The predicted octanol–water partition coefficient (Wildman–Crippen LogP) is 2.71. The number of amides is 1. The second-order valence-electron chi connectivity index (χ2n) is 5.38. The number of hydrogen-bond acceptors (Lipinski definition) is 3. The van der Waals surface area contributed by atoms with Crippen LogP contribution in [0.4, 0.5) is 0 Å². The quantitative estimate of drug-likeness (QED) is 0.800. The van der Waals surface area contributed by atoms with Crippen LogP contribution >= 0.6 is 15.9 Å². The van der Waals surface area contributed by atoms with Crippen LogP contribution in [0, 0.1) is 5.92 Å². The first-order chi connectivity index (χ1) is 9.37. The Morgan fingerprint density at radius 1 is 1.50 bits per heavy atom. The maximum atomic E-state index is 11.9. The number of nitrogens with two attached hydrogens (primary N) is 1. The van der Waals surface area contributed by atoms with E-state index in [0.29, 0.717) is 19.6 Å². The second kappa shape index (κ2) is 7.64. The summed E-state index contributed by atoms with van der Waals surface area (Å²) in [6, 6.07) is 7.55. The van der Waals surface area contributed by atoms with Crippen molar-refractivity contribution in [1.29, 1.82) is 0 Å². The molecule has 1 unspecified atom stereocenters. The molecule has 1 rings (SSSR count). The third-order valence-corrected chi connectivity index (χ3v) is 4.01. The average molecular weight is 343 g/mol. The van der Waals surface area contributed by atoms with Gasteiger partial charge in [-0.2, -0.15) is 0 Å². The number of halogens is 1. The zero-order valence-electron chi connectivity index (χ0n) is 12.3. The van der Waals surface area contributed by atoms with Gasteiger partial charge in [-0.05, 0) is 31.0 Å². The van der Waals surface area contributed by atoms with E-state index in [9.17, 15) is 4.79 Å². The Morgan fingerprint density at radius 3 is 2.75 bits per heavy atom. The maximum Gasteiger partial charge on any atom is 0.223 e. The number of nitrogens with one attached hydrogen (secondary N) is 1. The number of carbonyl (C=O) groups is 1. The standard InChI is InChI=1S/C15H23BrN2O2/c1-11(2)15(3,10-17)18-14(19)7-8-20-13-6-4-5-12(16)9-13/h4-6,9,11H,7-8,10,17H2,1-3H3,(H,18,19). The van der Waals surface area contributed by atoms with Gasteiger partial charge in [-0.1, -0.05) is 35.8 Å². The molecule has 0 spiro atoms. The SMILES string of the molecule is CC(C)C(C)(CN)NC(=O)CCOc1cccc(Br)c1. The van der Waals surface area contributed by atoms with Crippen molar-refractivity contribution < 1.29 is 9.53 Å². The lowest BCUT2D eigenvalue weighted by Gasteiger charge is -2.33. The molecule has 0 aliphatic heterocycles. The van der Waals surface area contributed by atoms with Crippen LogP contribution in [0.2, 0.25) is 0 Å². The van der Waals surface area contributed by atoms with E-state index in [4.69, 9.17) is 10.5 Å². The topological polar surface area (TPSA) is 64.3 Å². The first kappa shape index (κ1) is 17.0. The Morgan fingerprint density at radius 2 is 2.20 bits per heavy atom. The van der Waals surface area contributed by atoms with E-state index < -0.39 is 0 Å². The summed E-state index contributed by atoms with van der Waals surface area (Å²) in [5, 5.41) is 2.99. The monoisotopic (exact) mass is 342 g/mol. The largest absolute Gasteiger partial charge is 0.493 e. The Balaban J connectivity index is 2.40. The summed E-state index contributed by atoms with van der Waals surface area (Å²) >= 11 is 3.37. The van der Waals surface area contributed by atoms with Crippen LogP contribution in [-0.4, -0.2) is 24.6 Å². The molecular weight excluding hydrogens is 320 g/mol. The van der Waals surface area contributed by atoms with Crippen LogP contribution in [0.5, 0.6) is 5.75 Å². The zero-order chi connectivity index (χ0) is 15.2. The van der Waals surface area contributed by atoms with Crippen molar-refractivity contribution in [2.24, 2.45) is 11.7 Å². The molecule has 3 N–H and O–H groups in total. The lowest BCUT2D eigenvalue weighted by Crippen LogP contribution is -2.55. The summed E-state index contributed by atoms with van der Waals surface area (Å²) in [4.78, 5) is 11.9. The van der Waals surface area contributed by atoms with Gasteiger partial charge in [0.2, 0.25) is 5.91 Å². The molecule has 0 aliphatic rings. The summed E-state index contributed by atoms with van der Waals surface area (Å²) in [6.07, 6.45) is 0.314. The van der Waals surface area contributed by atoms with Crippen LogP contribution < -0.4 is 15.8 Å². The average Bonchev–Trinajstić information content (AvgIpc) is 2.38. The molecule has 5 heteroatoms. The van der Waals surface area contributed by atoms with Gasteiger partial charge in [-0.3, -0.25) is 4.79 Å². The highest BCUT2D eigenvalue weighted by atomic mass is 79.9. The smallest absolute Gasteiger partial charge is 0.223 e. The molecule has 0 fully saturated rings. The van der Waals surface area contributed by atoms with E-state index in [-0.39, 0.29) is 17.4 Å². The first-order valence-corrected chi connectivity index (χ1v) is 7.56. The molecule has 0 heterocycles. The van der Waals surface area contributed by atoms with Gasteiger partial charge in [0.1, 0.15) is 5.75 Å². The fourth-order valence-electron chi connectivity index (χ4n) is 1.63. The third-order valence-electron chi connectivity index (χ3n) is 3.52. The van der Waals surface area contributed by atoms with Crippen molar-refractivity contribution in [3.8, 4) is 5.75 Å². The molecule has 0 saturated carbocycles. The van der Waals surface area contributed by atoms with Crippen LogP contribution in [0.25, 0.3) is 0 Å². The Hall–Kier alpha value is -1.07. The molecule has 0 radical (unpaired) electrons. The van der Waals surface area contributed by atoms with Crippen molar-refractivity contribution >= 4 is 21.8 Å². The highest BCUT2D eigenvalue weighted by Crippen LogP contribution is 2.18. The molecular formula is C15H23BrN2O2. The number of hydrogen-bond donors (Lipinski definition) is 2. The fourth-order valence-corrected chi connectivity index (χ4v) is 2.01. The normalized spacial score (nSPS) is 13.9. The molecule has 1 atom stereocenters. The van der Waals surface area contributed by atoms with Gasteiger partial charge in [0, 0.05) is 11.0 Å². The number of rotatable bonds is 7. The van der Waals surface area contributed by atoms with Crippen LogP contribution in [0.3, 0.4) is 0 Å². The molecule has 0 aromatic heterocycles. The van der Waals surface area contributed by atoms with Gasteiger partial charge in [-0.15, -0.1) is 0 Å². The minimum atomic E-state index is -0.368. The lowest BCUT2D eigenvalue weighted by molar-refractivity contribution is -0.123. The predicted molar refractivity (Wildman–Crippen MR) is 84.7 cm³/mol. The summed E-state index contributed by atoms with van der Waals surface area (Å²) in [7, 11) is 0. The summed E-state index contributed by atoms with van der Waals surface area (Å²) in [5.74, 6) is 0.988. The summed E-state index contributed by atoms with van der Waals surface area (Å²) in [5.41, 5.74) is 5.37. The molecule has 1 amide bonds. The van der Waals surface area contributed by atoms with Crippen LogP contribution in [0.15, 0.2) is 28.7 Å². The van der Waals surface area contributed by atoms with Crippen molar-refractivity contribution in [3.05, 3.63) is 28.7 Å². The molecule has 1 aromatic rings. The van der Waals surface area contributed by atoms with E-state index in [2.05, 4.69) is 21.2 Å². The summed E-state index contributed by atoms with van der Waals surface area (Å²) in [6.45, 7) is 6.82. The molecule has 0 aliphatic carbocycles. The molecule has 0 bridgehead atoms. The highest BCUT2D eigenvalue weighted by Gasteiger charge is 2.28. The van der Waals surface area contributed by atoms with E-state index in [0.717, 1.165) is 10.2 Å². The minimum Gasteiger partial charge on any atom is -0.493 e. The maximum absolute atomic E-state index is 11.9. The molecule has 20 heavy (non-hydrogen) atoms. The number of carbonyl (C=O) groups excluding carboxylic acids is 1. The first-order valence-electron chi connectivity index (χ1n) is 6.77. The fraction of sp³-hybridized carbons (Fsp3) is 0.533. The van der Waals surface area contributed by atoms with Gasteiger partial charge in [0.25, 0.3) is 0 Å². The molecule has 112 valence electrons. The van der Waals surface area contributed by atoms with Crippen molar-refractivity contribution in [3.63, 3.8) is 0 Å². The van der Waals surface area contributed by atoms with Gasteiger partial charge in [0.05, 0.1) is 18.6 Å². The third kappa shape index (κ3) is 5.13. The Kier molecular flexibility index (Phi) is 6.49. The van der Waals surface area contributed by atoms with Gasteiger partial charge >= 0.3 is 0 Å². The minimum absolute atomic E-state index is 0.0401. The van der Waals surface area contributed by atoms with Crippen LogP contribution in [0.1, 0.15) is 27.2 Å². The number of benzene rings is 1. The molecule has 0 saturated heterocycles. The van der Waals surface area contributed by atoms with Gasteiger partial charge < -0.3 is 15.8 Å². The Labute approximate surface area is 129 Å². The summed E-state index contributed by atoms with van der Waals surface area (Å²) < 4.78 is 6.50. The van der Waals surface area contributed by atoms with Crippen molar-refractivity contribution in [1.82, 2.24) is 5.32 Å².